The summed E-state index contributed by atoms with van der Waals surface area (Å²) in [5, 5.41) is 3.00. The maximum absolute atomic E-state index is 12.2. The van der Waals surface area contributed by atoms with Crippen LogP contribution in [0.3, 0.4) is 0 Å². The first kappa shape index (κ1) is 17.7. The SMILES string of the molecule is Cc1ccc(OCC(=O)NCC(c2ccccc2)c2ccccc2)cc1. The fourth-order valence-corrected chi connectivity index (χ4v) is 2.85. The molecule has 0 radical (unpaired) electrons. The van der Waals surface area contributed by atoms with Gasteiger partial charge in [-0.25, -0.2) is 0 Å². The van der Waals surface area contributed by atoms with E-state index in [2.05, 4.69) is 29.6 Å². The minimum Gasteiger partial charge on any atom is -0.484 e. The van der Waals surface area contributed by atoms with Crippen LogP contribution in [0, 0.1) is 6.92 Å². The molecule has 0 bridgehead atoms. The van der Waals surface area contributed by atoms with Gasteiger partial charge in [0, 0.05) is 12.5 Å². The van der Waals surface area contributed by atoms with Gasteiger partial charge < -0.3 is 10.1 Å². The molecule has 0 aliphatic rings. The van der Waals surface area contributed by atoms with Crippen molar-refractivity contribution in [1.29, 1.82) is 0 Å². The number of nitrogens with one attached hydrogen (secondary N) is 1. The zero-order chi connectivity index (χ0) is 18.2. The van der Waals surface area contributed by atoms with E-state index in [4.69, 9.17) is 4.74 Å². The second kappa shape index (κ2) is 8.86. The summed E-state index contributed by atoms with van der Waals surface area (Å²) in [7, 11) is 0. The Morgan fingerprint density at radius 3 is 1.92 bits per heavy atom. The molecule has 3 aromatic carbocycles. The van der Waals surface area contributed by atoms with Crippen LogP contribution in [0.1, 0.15) is 22.6 Å². The molecule has 0 unspecified atom stereocenters. The molecule has 3 heteroatoms. The normalized spacial score (nSPS) is 10.5. The number of ether oxygens (including phenoxy) is 1. The molecule has 0 aromatic heterocycles. The van der Waals surface area contributed by atoms with Crippen LogP contribution in [0.4, 0.5) is 0 Å². The highest BCUT2D eigenvalue weighted by Gasteiger charge is 2.15. The summed E-state index contributed by atoms with van der Waals surface area (Å²) < 4.78 is 5.55. The highest BCUT2D eigenvalue weighted by Crippen LogP contribution is 2.23. The van der Waals surface area contributed by atoms with Gasteiger partial charge in [-0.05, 0) is 30.2 Å². The van der Waals surface area contributed by atoms with Gasteiger partial charge in [0.05, 0.1) is 0 Å². The molecular formula is C23H23NO2. The Hall–Kier alpha value is -3.07. The van der Waals surface area contributed by atoms with Crippen LogP contribution in [0.5, 0.6) is 5.75 Å². The first-order valence-corrected chi connectivity index (χ1v) is 8.78. The maximum atomic E-state index is 12.2. The van der Waals surface area contributed by atoms with E-state index in [0.29, 0.717) is 12.3 Å². The van der Waals surface area contributed by atoms with Crippen molar-refractivity contribution in [3.8, 4) is 5.75 Å². The lowest BCUT2D eigenvalue weighted by molar-refractivity contribution is -0.123. The highest BCUT2D eigenvalue weighted by molar-refractivity contribution is 5.77. The van der Waals surface area contributed by atoms with Gasteiger partial charge in [-0.3, -0.25) is 4.79 Å². The van der Waals surface area contributed by atoms with Gasteiger partial charge in [0.2, 0.25) is 0 Å². The lowest BCUT2D eigenvalue weighted by Crippen LogP contribution is -2.32. The lowest BCUT2D eigenvalue weighted by atomic mass is 9.91. The summed E-state index contributed by atoms with van der Waals surface area (Å²) in [6.07, 6.45) is 0. The van der Waals surface area contributed by atoms with Crippen molar-refractivity contribution >= 4 is 5.91 Å². The minimum absolute atomic E-state index is 0.0133. The monoisotopic (exact) mass is 345 g/mol. The fraction of sp³-hybridized carbons (Fsp3) is 0.174. The molecule has 3 rings (SSSR count). The van der Waals surface area contributed by atoms with E-state index in [0.717, 1.165) is 5.56 Å². The number of benzene rings is 3. The predicted molar refractivity (Wildman–Crippen MR) is 104 cm³/mol. The van der Waals surface area contributed by atoms with E-state index >= 15 is 0 Å². The summed E-state index contributed by atoms with van der Waals surface area (Å²) in [4.78, 5) is 12.2. The zero-order valence-electron chi connectivity index (χ0n) is 14.9. The summed E-state index contributed by atoms with van der Waals surface area (Å²) in [6, 6.07) is 28.1. The number of hydrogen-bond acceptors (Lipinski definition) is 2. The van der Waals surface area contributed by atoms with Crippen molar-refractivity contribution in [2.45, 2.75) is 12.8 Å². The van der Waals surface area contributed by atoms with Crippen LogP contribution in [0.2, 0.25) is 0 Å². The average molecular weight is 345 g/mol. The van der Waals surface area contributed by atoms with E-state index in [-0.39, 0.29) is 18.4 Å². The summed E-state index contributed by atoms with van der Waals surface area (Å²) in [5.74, 6) is 0.691. The van der Waals surface area contributed by atoms with Crippen molar-refractivity contribution < 1.29 is 9.53 Å². The molecule has 1 amide bonds. The second-order valence-corrected chi connectivity index (χ2v) is 6.28. The molecule has 0 saturated carbocycles. The van der Waals surface area contributed by atoms with Crippen molar-refractivity contribution in [3.63, 3.8) is 0 Å². The Morgan fingerprint density at radius 1 is 0.846 bits per heavy atom. The molecule has 0 saturated heterocycles. The number of carbonyl (C=O) groups excluding carboxylic acids is 1. The molecule has 0 heterocycles. The number of aryl methyl sites for hydroxylation is 1. The van der Waals surface area contributed by atoms with Gasteiger partial charge >= 0.3 is 0 Å². The Kier molecular flexibility index (Phi) is 6.05. The Labute approximate surface area is 154 Å². The molecule has 0 aliphatic carbocycles. The van der Waals surface area contributed by atoms with Crippen LogP contribution >= 0.6 is 0 Å². The van der Waals surface area contributed by atoms with E-state index in [1.165, 1.54) is 11.1 Å². The summed E-state index contributed by atoms with van der Waals surface area (Å²) in [5.41, 5.74) is 3.52. The smallest absolute Gasteiger partial charge is 0.257 e. The van der Waals surface area contributed by atoms with Gasteiger partial charge in [0.15, 0.2) is 6.61 Å². The van der Waals surface area contributed by atoms with E-state index in [1.54, 1.807) is 0 Å². The first-order valence-electron chi connectivity index (χ1n) is 8.78. The molecule has 0 aliphatic heterocycles. The maximum Gasteiger partial charge on any atom is 0.257 e. The Balaban J connectivity index is 1.60. The molecule has 3 nitrogen and oxygen atoms in total. The van der Waals surface area contributed by atoms with Gasteiger partial charge in [-0.15, -0.1) is 0 Å². The molecule has 0 fully saturated rings. The molecule has 132 valence electrons. The largest absolute Gasteiger partial charge is 0.484 e. The number of carbonyl (C=O) groups is 1. The van der Waals surface area contributed by atoms with Crippen LogP contribution < -0.4 is 10.1 Å². The zero-order valence-corrected chi connectivity index (χ0v) is 14.9. The molecule has 3 aromatic rings. The number of rotatable bonds is 7. The van der Waals surface area contributed by atoms with Crippen LogP contribution in [-0.4, -0.2) is 19.1 Å². The Morgan fingerprint density at radius 2 is 1.38 bits per heavy atom. The van der Waals surface area contributed by atoms with E-state index in [1.807, 2.05) is 67.6 Å². The molecule has 26 heavy (non-hydrogen) atoms. The van der Waals surface area contributed by atoms with E-state index in [9.17, 15) is 4.79 Å². The summed E-state index contributed by atoms with van der Waals surface area (Å²) >= 11 is 0. The highest BCUT2D eigenvalue weighted by atomic mass is 16.5. The summed E-state index contributed by atoms with van der Waals surface area (Å²) in [6.45, 7) is 2.56. The minimum atomic E-state index is -0.123. The number of hydrogen-bond donors (Lipinski definition) is 1. The standard InChI is InChI=1S/C23H23NO2/c1-18-12-14-21(15-13-18)26-17-23(25)24-16-22(19-8-4-2-5-9-19)20-10-6-3-7-11-20/h2-15,22H,16-17H2,1H3,(H,24,25). The van der Waals surface area contributed by atoms with Gasteiger partial charge in [0.25, 0.3) is 5.91 Å². The van der Waals surface area contributed by atoms with Gasteiger partial charge in [0.1, 0.15) is 5.75 Å². The van der Waals surface area contributed by atoms with Crippen LogP contribution in [-0.2, 0) is 4.79 Å². The molecule has 1 N–H and O–H groups in total. The lowest BCUT2D eigenvalue weighted by Gasteiger charge is -2.19. The van der Waals surface area contributed by atoms with Crippen molar-refractivity contribution in [1.82, 2.24) is 5.32 Å². The Bertz CT molecular complexity index is 774. The van der Waals surface area contributed by atoms with E-state index < -0.39 is 0 Å². The topological polar surface area (TPSA) is 38.3 Å². The third-order valence-corrected chi connectivity index (χ3v) is 4.30. The van der Waals surface area contributed by atoms with Gasteiger partial charge in [-0.1, -0.05) is 78.4 Å². The van der Waals surface area contributed by atoms with Crippen LogP contribution in [0.15, 0.2) is 84.9 Å². The quantitative estimate of drug-likeness (QED) is 0.692. The average Bonchev–Trinajstić information content (AvgIpc) is 2.69. The third-order valence-electron chi connectivity index (χ3n) is 4.30. The second-order valence-electron chi connectivity index (χ2n) is 6.28. The third kappa shape index (κ3) is 4.96. The number of amides is 1. The predicted octanol–water partition coefficient (Wildman–Crippen LogP) is 4.32. The molecule has 0 spiro atoms. The fourth-order valence-electron chi connectivity index (χ4n) is 2.85. The molecule has 0 atom stereocenters. The molecular weight excluding hydrogens is 322 g/mol. The van der Waals surface area contributed by atoms with Crippen LogP contribution in [0.25, 0.3) is 0 Å². The van der Waals surface area contributed by atoms with Crippen molar-refractivity contribution in [2.75, 3.05) is 13.2 Å². The van der Waals surface area contributed by atoms with Crippen molar-refractivity contribution in [3.05, 3.63) is 102 Å². The first-order chi connectivity index (χ1) is 12.7. The van der Waals surface area contributed by atoms with Crippen molar-refractivity contribution in [2.24, 2.45) is 0 Å². The van der Waals surface area contributed by atoms with Gasteiger partial charge in [-0.2, -0.15) is 0 Å².